The number of nitrogens with one attached hydrogen (secondary N) is 1. The van der Waals surface area contributed by atoms with Gasteiger partial charge < -0.3 is 10.1 Å². The van der Waals surface area contributed by atoms with E-state index in [2.05, 4.69) is 36.2 Å². The molecule has 0 radical (unpaired) electrons. The minimum absolute atomic E-state index is 0.660. The molecule has 1 fully saturated rings. The largest absolute Gasteiger partial charge is 0.379 e. The first-order valence-electron chi connectivity index (χ1n) is 7.07. The number of halogens is 1. The molecule has 21 heavy (non-hydrogen) atoms. The molecular weight excluding hydrogens is 332 g/mol. The molecule has 6 heteroatoms. The molecule has 0 unspecified atom stereocenters. The van der Waals surface area contributed by atoms with Crippen LogP contribution in [-0.4, -0.2) is 34.7 Å². The van der Waals surface area contributed by atoms with Crippen molar-refractivity contribution in [3.63, 3.8) is 0 Å². The Labute approximate surface area is 132 Å². The summed E-state index contributed by atoms with van der Waals surface area (Å²) in [5.41, 5.74) is 0.887. The maximum absolute atomic E-state index is 5.59. The zero-order valence-electron chi connectivity index (χ0n) is 11.6. The van der Waals surface area contributed by atoms with Crippen LogP contribution in [0.5, 0.6) is 0 Å². The van der Waals surface area contributed by atoms with E-state index in [-0.39, 0.29) is 0 Å². The minimum atomic E-state index is 0.660. The highest BCUT2D eigenvalue weighted by Gasteiger charge is 2.20. The van der Waals surface area contributed by atoms with Gasteiger partial charge in [-0.25, -0.2) is 9.97 Å². The van der Waals surface area contributed by atoms with E-state index in [1.165, 1.54) is 12.8 Å². The van der Waals surface area contributed by atoms with Gasteiger partial charge in [-0.15, -0.1) is 0 Å². The van der Waals surface area contributed by atoms with Crippen LogP contribution < -0.4 is 5.32 Å². The number of hydrogen-bond donors (Lipinski definition) is 1. The van der Waals surface area contributed by atoms with E-state index in [1.54, 1.807) is 18.6 Å². The van der Waals surface area contributed by atoms with E-state index >= 15 is 0 Å². The Bertz CT molecular complexity index is 604. The number of pyridine rings is 1. The Kier molecular flexibility index (Phi) is 4.77. The summed E-state index contributed by atoms with van der Waals surface area (Å²) in [5.74, 6) is 2.27. The van der Waals surface area contributed by atoms with Crippen molar-refractivity contribution in [3.8, 4) is 11.4 Å². The second-order valence-electron chi connectivity index (χ2n) is 5.10. The normalized spacial score (nSPS) is 14.1. The topological polar surface area (TPSA) is 59.9 Å². The van der Waals surface area contributed by atoms with Crippen LogP contribution in [0.1, 0.15) is 12.8 Å². The van der Waals surface area contributed by atoms with Crippen molar-refractivity contribution in [1.82, 2.24) is 15.0 Å². The summed E-state index contributed by atoms with van der Waals surface area (Å²) < 4.78 is 6.50. The van der Waals surface area contributed by atoms with Gasteiger partial charge in [-0.05, 0) is 46.8 Å². The first-order valence-corrected chi connectivity index (χ1v) is 7.86. The molecule has 1 aliphatic carbocycles. The van der Waals surface area contributed by atoms with Gasteiger partial charge in [0.05, 0.1) is 6.61 Å². The average molecular weight is 349 g/mol. The van der Waals surface area contributed by atoms with Crippen LogP contribution >= 0.6 is 15.9 Å². The van der Waals surface area contributed by atoms with Gasteiger partial charge in [0.1, 0.15) is 5.82 Å². The third-order valence-corrected chi connectivity index (χ3v) is 3.66. The van der Waals surface area contributed by atoms with Crippen LogP contribution in [0, 0.1) is 5.92 Å². The molecular formula is C15H17BrN4O. The molecule has 3 rings (SSSR count). The number of hydrogen-bond acceptors (Lipinski definition) is 5. The van der Waals surface area contributed by atoms with Gasteiger partial charge in [0.2, 0.25) is 0 Å². The molecule has 0 bridgehead atoms. The summed E-state index contributed by atoms with van der Waals surface area (Å²) in [6, 6.07) is 3.81. The number of ether oxygens (including phenoxy) is 1. The summed E-state index contributed by atoms with van der Waals surface area (Å²) in [5, 5.41) is 3.26. The smallest absolute Gasteiger partial charge is 0.163 e. The van der Waals surface area contributed by atoms with Crippen LogP contribution in [0.15, 0.2) is 35.2 Å². The fourth-order valence-electron chi connectivity index (χ4n) is 1.92. The van der Waals surface area contributed by atoms with Crippen LogP contribution in [0.2, 0.25) is 0 Å². The fourth-order valence-corrected chi connectivity index (χ4v) is 2.28. The number of anilines is 1. The molecule has 1 aliphatic rings. The van der Waals surface area contributed by atoms with Gasteiger partial charge in [0.25, 0.3) is 0 Å². The van der Waals surface area contributed by atoms with Crippen LogP contribution in [0.3, 0.4) is 0 Å². The Balaban J connectivity index is 1.55. The van der Waals surface area contributed by atoms with E-state index in [4.69, 9.17) is 4.74 Å². The quantitative estimate of drug-likeness (QED) is 0.779. The molecule has 2 aromatic rings. The highest BCUT2D eigenvalue weighted by molar-refractivity contribution is 9.10. The zero-order valence-corrected chi connectivity index (χ0v) is 13.2. The molecule has 1 N–H and O–H groups in total. The summed E-state index contributed by atoms with van der Waals surface area (Å²) in [6.45, 7) is 2.34. The zero-order chi connectivity index (χ0) is 14.5. The summed E-state index contributed by atoms with van der Waals surface area (Å²) in [4.78, 5) is 12.9. The lowest BCUT2D eigenvalue weighted by molar-refractivity contribution is 0.134. The third-order valence-electron chi connectivity index (χ3n) is 3.22. The maximum Gasteiger partial charge on any atom is 0.163 e. The van der Waals surface area contributed by atoms with Crippen molar-refractivity contribution < 1.29 is 4.74 Å². The van der Waals surface area contributed by atoms with Crippen molar-refractivity contribution in [2.45, 2.75) is 12.8 Å². The summed E-state index contributed by atoms with van der Waals surface area (Å²) >= 11 is 3.40. The molecule has 1 saturated carbocycles. The van der Waals surface area contributed by atoms with E-state index in [9.17, 15) is 0 Å². The predicted molar refractivity (Wildman–Crippen MR) is 85.0 cm³/mol. The first kappa shape index (κ1) is 14.4. The molecule has 110 valence electrons. The molecule has 0 spiro atoms. The first-order chi connectivity index (χ1) is 10.3. The Morgan fingerprint density at radius 2 is 2.24 bits per heavy atom. The molecule has 0 amide bonds. The number of nitrogens with zero attached hydrogens (tertiary/aromatic N) is 3. The van der Waals surface area contributed by atoms with Gasteiger partial charge in [-0.3, -0.25) is 4.98 Å². The second-order valence-corrected chi connectivity index (χ2v) is 6.02. The lowest BCUT2D eigenvalue weighted by Gasteiger charge is -2.07. The minimum Gasteiger partial charge on any atom is -0.379 e. The SMILES string of the molecule is Brc1cncc(-c2nccc(NCCOCC3CC3)n2)c1. The monoisotopic (exact) mass is 348 g/mol. The van der Waals surface area contributed by atoms with Crippen LogP contribution in [0.25, 0.3) is 11.4 Å². The second kappa shape index (κ2) is 6.95. The van der Waals surface area contributed by atoms with Crippen LogP contribution in [-0.2, 0) is 4.74 Å². The van der Waals surface area contributed by atoms with Gasteiger partial charge >= 0.3 is 0 Å². The van der Waals surface area contributed by atoms with E-state index in [1.807, 2.05) is 12.1 Å². The summed E-state index contributed by atoms with van der Waals surface area (Å²) in [6.07, 6.45) is 7.88. The molecule has 2 aromatic heterocycles. The predicted octanol–water partition coefficient (Wildman–Crippen LogP) is 3.14. The maximum atomic E-state index is 5.59. The van der Waals surface area contributed by atoms with Gasteiger partial charge in [0.15, 0.2) is 5.82 Å². The van der Waals surface area contributed by atoms with Gasteiger partial charge in [-0.2, -0.15) is 0 Å². The fraction of sp³-hybridized carbons (Fsp3) is 0.400. The van der Waals surface area contributed by atoms with Gasteiger partial charge in [0, 0.05) is 41.8 Å². The molecule has 0 aromatic carbocycles. The molecule has 2 heterocycles. The van der Waals surface area contributed by atoms with E-state index in [0.29, 0.717) is 12.4 Å². The Hall–Kier alpha value is -1.53. The van der Waals surface area contributed by atoms with Crippen molar-refractivity contribution in [1.29, 1.82) is 0 Å². The molecule has 5 nitrogen and oxygen atoms in total. The molecule has 0 aliphatic heterocycles. The van der Waals surface area contributed by atoms with E-state index < -0.39 is 0 Å². The molecule has 0 saturated heterocycles. The standard InChI is InChI=1S/C15H17BrN4O/c16-13-7-12(8-17-9-13)15-19-4-3-14(20-15)18-5-6-21-10-11-1-2-11/h3-4,7-9,11H,1-2,5-6,10H2,(H,18,19,20). The van der Waals surface area contributed by atoms with Crippen molar-refractivity contribution in [3.05, 3.63) is 35.2 Å². The third kappa shape index (κ3) is 4.47. The average Bonchev–Trinajstić information content (AvgIpc) is 3.31. The van der Waals surface area contributed by atoms with Crippen molar-refractivity contribution in [2.24, 2.45) is 5.92 Å². The highest BCUT2D eigenvalue weighted by Crippen LogP contribution is 2.28. The Morgan fingerprint density at radius 1 is 1.33 bits per heavy atom. The number of rotatable bonds is 7. The number of aromatic nitrogens is 3. The van der Waals surface area contributed by atoms with E-state index in [0.717, 1.165) is 34.9 Å². The van der Waals surface area contributed by atoms with Gasteiger partial charge in [-0.1, -0.05) is 0 Å². The summed E-state index contributed by atoms with van der Waals surface area (Å²) in [7, 11) is 0. The van der Waals surface area contributed by atoms with Crippen molar-refractivity contribution in [2.75, 3.05) is 25.1 Å². The van der Waals surface area contributed by atoms with Crippen molar-refractivity contribution >= 4 is 21.7 Å². The Morgan fingerprint density at radius 3 is 3.05 bits per heavy atom. The molecule has 0 atom stereocenters. The highest BCUT2D eigenvalue weighted by atomic mass is 79.9. The lowest BCUT2D eigenvalue weighted by atomic mass is 10.3. The van der Waals surface area contributed by atoms with Crippen LogP contribution in [0.4, 0.5) is 5.82 Å². The lowest BCUT2D eigenvalue weighted by Crippen LogP contribution is -2.11.